The standard InChI is InChI=1S/C33H28FN5O5/c1-36-8-10-37(11-9-36)28-24(34)12-22-27-32(28)44-26-14-21-20(29(40)18-4-2-3-5-19(18)30(21)41)13-25(26)39(27)16-23(31(22)42)33(43)38-7-6-17(35)15-38/h2-5,12-14,16-17H,6-11,15,35H2,1H3. The van der Waals surface area contributed by atoms with Gasteiger partial charge in [0.15, 0.2) is 27.8 Å². The average molecular weight is 594 g/mol. The predicted molar refractivity (Wildman–Crippen MR) is 168 cm³/mol. The number of halogens is 1. The number of carbonyl (C=O) groups is 1. The number of anilines is 1. The molecule has 2 aliphatic rings. The van der Waals surface area contributed by atoms with Gasteiger partial charge in [-0.05, 0) is 31.7 Å². The molecular formula is C33H28FN5O5. The number of piperazine rings is 1. The molecule has 0 saturated carbocycles. The quantitative estimate of drug-likeness (QED) is 0.240. The Balaban J connectivity index is 1.51. The van der Waals surface area contributed by atoms with Crippen molar-refractivity contribution >= 4 is 60.7 Å². The first kappa shape index (κ1) is 26.7. The number of amides is 1. The van der Waals surface area contributed by atoms with E-state index in [-0.39, 0.29) is 55.5 Å². The zero-order valence-corrected chi connectivity index (χ0v) is 23.9. The first-order valence-electron chi connectivity index (χ1n) is 14.7. The van der Waals surface area contributed by atoms with Crippen LogP contribution in [0.25, 0.3) is 49.1 Å². The van der Waals surface area contributed by atoms with Gasteiger partial charge < -0.3 is 29.3 Å². The molecule has 6 aromatic rings. The topological polar surface area (TPSA) is 122 Å². The van der Waals surface area contributed by atoms with Gasteiger partial charge in [-0.1, -0.05) is 24.3 Å². The molecule has 1 amide bonds. The molecule has 0 spiro atoms. The van der Waals surface area contributed by atoms with Crippen molar-refractivity contribution in [3.05, 3.63) is 90.7 Å². The lowest BCUT2D eigenvalue weighted by Gasteiger charge is -2.34. The molecule has 8 rings (SSSR count). The number of hydrogen-bond donors (Lipinski definition) is 1. The fourth-order valence-electron chi connectivity index (χ4n) is 6.82. The summed E-state index contributed by atoms with van der Waals surface area (Å²) in [7, 11) is 1.99. The summed E-state index contributed by atoms with van der Waals surface area (Å²) in [6.45, 7) is 3.19. The summed E-state index contributed by atoms with van der Waals surface area (Å²) < 4.78 is 24.2. The van der Waals surface area contributed by atoms with Crippen LogP contribution in [-0.2, 0) is 0 Å². The largest absolute Gasteiger partial charge is 0.451 e. The summed E-state index contributed by atoms with van der Waals surface area (Å²) in [4.78, 5) is 60.2. The Morgan fingerprint density at radius 1 is 0.886 bits per heavy atom. The molecule has 44 heavy (non-hydrogen) atoms. The predicted octanol–water partition coefficient (Wildman–Crippen LogP) is 2.73. The second-order valence-corrected chi connectivity index (χ2v) is 11.9. The second-order valence-electron chi connectivity index (χ2n) is 11.9. The van der Waals surface area contributed by atoms with Crippen LogP contribution in [0.15, 0.2) is 67.5 Å². The zero-order valence-electron chi connectivity index (χ0n) is 23.9. The Hall–Kier alpha value is -4.87. The Morgan fingerprint density at radius 2 is 1.57 bits per heavy atom. The van der Waals surface area contributed by atoms with Crippen LogP contribution < -0.4 is 26.9 Å². The summed E-state index contributed by atoms with van der Waals surface area (Å²) in [5.41, 5.74) is 5.87. The summed E-state index contributed by atoms with van der Waals surface area (Å²) >= 11 is 0. The van der Waals surface area contributed by atoms with Crippen LogP contribution in [0.1, 0.15) is 16.8 Å². The highest BCUT2D eigenvalue weighted by Crippen LogP contribution is 2.37. The number of rotatable bonds is 2. The van der Waals surface area contributed by atoms with E-state index in [1.807, 2.05) is 11.9 Å². The maximum absolute atomic E-state index is 16.1. The van der Waals surface area contributed by atoms with Gasteiger partial charge in [0, 0.05) is 73.1 Å². The summed E-state index contributed by atoms with van der Waals surface area (Å²) in [6.07, 6.45) is 2.06. The molecule has 1 atom stereocenters. The highest BCUT2D eigenvalue weighted by atomic mass is 19.1. The SMILES string of the molecule is CN1CCN(c2c(F)cc3c(=O)c(C(=O)N4CCC(N)C4)cn4c5cc6c(=O)c7ccccc7c(=O)c6cc5oc2c34)CC1. The number of likely N-dealkylation sites (tertiary alicyclic amines) is 1. The Bertz CT molecular complexity index is 2380. The van der Waals surface area contributed by atoms with Gasteiger partial charge >= 0.3 is 0 Å². The minimum Gasteiger partial charge on any atom is -0.451 e. The molecule has 1 unspecified atom stereocenters. The highest BCUT2D eigenvalue weighted by molar-refractivity contribution is 6.08. The summed E-state index contributed by atoms with van der Waals surface area (Å²) in [6, 6.07) is 10.7. The number of nitrogens with two attached hydrogens (primary N) is 1. The second kappa shape index (κ2) is 9.57. The van der Waals surface area contributed by atoms with E-state index >= 15 is 4.39 Å². The van der Waals surface area contributed by atoms with E-state index in [2.05, 4.69) is 4.90 Å². The Kier molecular flexibility index (Phi) is 5.81. The maximum atomic E-state index is 16.1. The number of fused-ring (bicyclic) bond motifs is 4. The van der Waals surface area contributed by atoms with Crippen LogP contribution in [0.3, 0.4) is 0 Å². The van der Waals surface area contributed by atoms with Crippen molar-refractivity contribution in [3.63, 3.8) is 0 Å². The minimum absolute atomic E-state index is 0.0131. The molecule has 11 heteroatoms. The van der Waals surface area contributed by atoms with E-state index in [0.29, 0.717) is 67.5 Å². The third-order valence-corrected chi connectivity index (χ3v) is 9.21. The number of hydrogen-bond acceptors (Lipinski definition) is 8. The Morgan fingerprint density at radius 3 is 2.23 bits per heavy atom. The molecular weight excluding hydrogens is 565 g/mol. The van der Waals surface area contributed by atoms with Crippen molar-refractivity contribution in [2.45, 2.75) is 12.5 Å². The number of pyridine rings is 1. The molecule has 2 fully saturated rings. The highest BCUT2D eigenvalue weighted by Gasteiger charge is 2.30. The van der Waals surface area contributed by atoms with Crippen LogP contribution in [0.2, 0.25) is 0 Å². The molecule has 2 N–H and O–H groups in total. The van der Waals surface area contributed by atoms with Crippen molar-refractivity contribution in [1.82, 2.24) is 14.2 Å². The van der Waals surface area contributed by atoms with E-state index in [4.69, 9.17) is 10.2 Å². The van der Waals surface area contributed by atoms with Gasteiger partial charge in [0.2, 0.25) is 5.43 Å². The number of aromatic nitrogens is 1. The molecule has 0 aliphatic carbocycles. The molecule has 10 nitrogen and oxygen atoms in total. The van der Waals surface area contributed by atoms with Gasteiger partial charge in [0.05, 0.1) is 10.9 Å². The summed E-state index contributed by atoms with van der Waals surface area (Å²) in [5.74, 6) is -1.14. The van der Waals surface area contributed by atoms with Gasteiger partial charge in [-0.2, -0.15) is 0 Å². The van der Waals surface area contributed by atoms with Gasteiger partial charge in [0.25, 0.3) is 5.91 Å². The van der Waals surface area contributed by atoms with E-state index < -0.39 is 17.2 Å². The van der Waals surface area contributed by atoms with Crippen LogP contribution in [-0.4, -0.2) is 72.5 Å². The fraction of sp³-hybridized carbons (Fsp3) is 0.273. The van der Waals surface area contributed by atoms with Crippen LogP contribution in [0, 0.1) is 5.82 Å². The van der Waals surface area contributed by atoms with Gasteiger partial charge in [-0.15, -0.1) is 0 Å². The van der Waals surface area contributed by atoms with E-state index in [1.54, 1.807) is 34.7 Å². The van der Waals surface area contributed by atoms with Crippen LogP contribution in [0.5, 0.6) is 0 Å². The van der Waals surface area contributed by atoms with Crippen molar-refractivity contribution < 1.29 is 13.6 Å². The molecule has 2 aliphatic heterocycles. The first-order chi connectivity index (χ1) is 21.2. The van der Waals surface area contributed by atoms with E-state index in [1.165, 1.54) is 23.2 Å². The van der Waals surface area contributed by atoms with Gasteiger partial charge in [0.1, 0.15) is 16.8 Å². The molecule has 0 radical (unpaired) electrons. The third kappa shape index (κ3) is 3.79. The van der Waals surface area contributed by atoms with Crippen molar-refractivity contribution in [2.24, 2.45) is 5.73 Å². The number of carbonyl (C=O) groups excluding carboxylic acids is 1. The molecule has 0 bridgehead atoms. The van der Waals surface area contributed by atoms with E-state index in [9.17, 15) is 19.2 Å². The lowest BCUT2D eigenvalue weighted by atomic mass is 10.0. The number of nitrogens with zero attached hydrogens (tertiary/aromatic N) is 4. The summed E-state index contributed by atoms with van der Waals surface area (Å²) in [5, 5.41) is 0.945. The maximum Gasteiger partial charge on any atom is 0.259 e. The van der Waals surface area contributed by atoms with Crippen molar-refractivity contribution in [1.29, 1.82) is 0 Å². The molecule has 2 saturated heterocycles. The average Bonchev–Trinajstić information content (AvgIpc) is 3.47. The van der Waals surface area contributed by atoms with Gasteiger partial charge in [-0.25, -0.2) is 4.39 Å². The van der Waals surface area contributed by atoms with Crippen molar-refractivity contribution in [2.75, 3.05) is 51.2 Å². The fourth-order valence-corrected chi connectivity index (χ4v) is 6.82. The molecule has 2 aromatic heterocycles. The lowest BCUT2D eigenvalue weighted by Crippen LogP contribution is -2.45. The lowest BCUT2D eigenvalue weighted by molar-refractivity contribution is 0.0789. The third-order valence-electron chi connectivity index (χ3n) is 9.21. The monoisotopic (exact) mass is 593 g/mol. The van der Waals surface area contributed by atoms with E-state index in [0.717, 1.165) is 0 Å². The normalized spacial score (nSPS) is 18.1. The number of likely N-dealkylation sites (N-methyl/N-ethyl adjacent to an activating group) is 1. The minimum atomic E-state index is -0.643. The smallest absolute Gasteiger partial charge is 0.259 e. The zero-order chi connectivity index (χ0) is 30.4. The first-order valence-corrected chi connectivity index (χ1v) is 14.7. The van der Waals surface area contributed by atoms with Crippen LogP contribution in [0.4, 0.5) is 10.1 Å². The van der Waals surface area contributed by atoms with Gasteiger partial charge in [-0.3, -0.25) is 19.2 Å². The van der Waals surface area contributed by atoms with Crippen LogP contribution >= 0.6 is 0 Å². The molecule has 222 valence electrons. The molecule has 4 heterocycles. The number of benzene rings is 4. The van der Waals surface area contributed by atoms with Crippen molar-refractivity contribution in [3.8, 4) is 0 Å². The molecule has 4 aromatic carbocycles. The Labute approximate surface area is 248 Å².